The van der Waals surface area contributed by atoms with E-state index in [0.29, 0.717) is 13.2 Å². The van der Waals surface area contributed by atoms with Gasteiger partial charge in [-0.2, -0.15) is 0 Å². The summed E-state index contributed by atoms with van der Waals surface area (Å²) >= 11 is 0. The third-order valence-electron chi connectivity index (χ3n) is 6.86. The van der Waals surface area contributed by atoms with Crippen molar-refractivity contribution in [3.63, 3.8) is 0 Å². The van der Waals surface area contributed by atoms with Gasteiger partial charge in [0.05, 0.1) is 6.61 Å². The van der Waals surface area contributed by atoms with E-state index in [1.807, 2.05) is 6.92 Å². The maximum absolute atomic E-state index is 11.8. The van der Waals surface area contributed by atoms with Crippen LogP contribution in [0, 0.1) is 0 Å². The molecule has 6 nitrogen and oxygen atoms in total. The Morgan fingerprint density at radius 3 is 1.79 bits per heavy atom. The van der Waals surface area contributed by atoms with Gasteiger partial charge >= 0.3 is 6.16 Å². The van der Waals surface area contributed by atoms with Gasteiger partial charge in [0.15, 0.2) is 0 Å². The summed E-state index contributed by atoms with van der Waals surface area (Å²) < 4.78 is 21.8. The number of unbranched alkanes of at least 4 members (excludes halogenated alkanes) is 13. The number of carbonyl (C=O) groups is 1. The molecule has 202 valence electrons. The van der Waals surface area contributed by atoms with Crippen molar-refractivity contribution >= 4 is 6.16 Å². The summed E-state index contributed by atoms with van der Waals surface area (Å²) in [5.74, 6) is 0. The summed E-state index contributed by atoms with van der Waals surface area (Å²) in [6.45, 7) is 8.77. The third kappa shape index (κ3) is 17.6. The second kappa shape index (κ2) is 21.4. The lowest BCUT2D eigenvalue weighted by atomic mass is 10.0. The van der Waals surface area contributed by atoms with Gasteiger partial charge in [0.1, 0.15) is 18.8 Å². The fraction of sp³-hybridized carbons (Fsp3) is 0.964. The van der Waals surface area contributed by atoms with Crippen LogP contribution in [0.3, 0.4) is 0 Å². The monoisotopic (exact) mass is 485 g/mol. The molecule has 0 aromatic rings. The maximum atomic E-state index is 11.8. The van der Waals surface area contributed by atoms with Crippen LogP contribution >= 0.6 is 0 Å². The maximum Gasteiger partial charge on any atom is 0.508 e. The molecule has 0 radical (unpaired) electrons. The van der Waals surface area contributed by atoms with E-state index in [9.17, 15) is 4.79 Å². The van der Waals surface area contributed by atoms with Crippen molar-refractivity contribution in [2.24, 2.45) is 0 Å². The molecule has 1 rings (SSSR count). The van der Waals surface area contributed by atoms with E-state index < -0.39 is 11.8 Å². The summed E-state index contributed by atoms with van der Waals surface area (Å²) in [5.41, 5.74) is -0.649. The summed E-state index contributed by atoms with van der Waals surface area (Å²) in [6, 6.07) is 0. The molecule has 1 aliphatic rings. The zero-order valence-electron chi connectivity index (χ0n) is 22.8. The average Bonchev–Trinajstić information content (AvgIpc) is 3.36. The van der Waals surface area contributed by atoms with Crippen molar-refractivity contribution in [2.75, 3.05) is 53.2 Å². The average molecular weight is 486 g/mol. The Bertz CT molecular complexity index is 470. The van der Waals surface area contributed by atoms with Gasteiger partial charge in [0.25, 0.3) is 0 Å². The number of methoxy groups -OCH3 is 1. The number of hydrogen-bond donors (Lipinski definition) is 0. The van der Waals surface area contributed by atoms with Crippen LogP contribution in [0.2, 0.25) is 0 Å². The zero-order chi connectivity index (χ0) is 24.7. The van der Waals surface area contributed by atoms with Crippen molar-refractivity contribution in [1.82, 2.24) is 4.90 Å². The number of nitrogens with zero attached hydrogens (tertiary/aromatic N) is 1. The van der Waals surface area contributed by atoms with E-state index in [-0.39, 0.29) is 6.61 Å². The van der Waals surface area contributed by atoms with Crippen molar-refractivity contribution < 1.29 is 23.7 Å². The Morgan fingerprint density at radius 2 is 1.26 bits per heavy atom. The first-order valence-electron chi connectivity index (χ1n) is 14.2. The van der Waals surface area contributed by atoms with Gasteiger partial charge in [-0.1, -0.05) is 90.4 Å². The SMILES string of the molecule is CCCCCCCCCCCCCCCCOCC(C)(COC(=O)OCCN1CCCC1)OC. The normalized spacial score (nSPS) is 16.0. The number of ether oxygens (including phenoxy) is 4. The number of carbonyl (C=O) groups excluding carboxylic acids is 1. The minimum atomic E-state index is -0.649. The Labute approximate surface area is 210 Å². The largest absolute Gasteiger partial charge is 0.508 e. The molecule has 0 bridgehead atoms. The van der Waals surface area contributed by atoms with Gasteiger partial charge in [0.2, 0.25) is 0 Å². The quantitative estimate of drug-likeness (QED) is 0.113. The van der Waals surface area contributed by atoms with Crippen molar-refractivity contribution in [1.29, 1.82) is 0 Å². The lowest BCUT2D eigenvalue weighted by Gasteiger charge is -2.27. The first-order chi connectivity index (χ1) is 16.6. The fourth-order valence-corrected chi connectivity index (χ4v) is 4.36. The van der Waals surface area contributed by atoms with Crippen LogP contribution in [-0.2, 0) is 18.9 Å². The van der Waals surface area contributed by atoms with Crippen LogP contribution < -0.4 is 0 Å². The molecular formula is C28H55NO5. The van der Waals surface area contributed by atoms with Gasteiger partial charge in [-0.15, -0.1) is 0 Å². The highest BCUT2D eigenvalue weighted by Crippen LogP contribution is 2.14. The highest BCUT2D eigenvalue weighted by Gasteiger charge is 2.27. The molecule has 0 aliphatic carbocycles. The van der Waals surface area contributed by atoms with Crippen molar-refractivity contribution in [3.8, 4) is 0 Å². The van der Waals surface area contributed by atoms with Crippen LogP contribution in [0.1, 0.15) is 117 Å². The number of likely N-dealkylation sites (tertiary alicyclic amines) is 1. The zero-order valence-corrected chi connectivity index (χ0v) is 22.8. The summed E-state index contributed by atoms with van der Waals surface area (Å²) in [5, 5.41) is 0. The molecule has 1 unspecified atom stereocenters. The number of rotatable bonds is 23. The molecule has 0 aromatic carbocycles. The van der Waals surface area contributed by atoms with Gasteiger partial charge in [-0.3, -0.25) is 4.90 Å². The molecule has 1 heterocycles. The summed E-state index contributed by atoms with van der Waals surface area (Å²) in [4.78, 5) is 14.1. The molecule has 1 fully saturated rings. The fourth-order valence-electron chi connectivity index (χ4n) is 4.36. The van der Waals surface area contributed by atoms with Crippen LogP contribution in [-0.4, -0.2) is 69.8 Å². The van der Waals surface area contributed by atoms with Crippen molar-refractivity contribution in [3.05, 3.63) is 0 Å². The second-order valence-electron chi connectivity index (χ2n) is 10.2. The lowest BCUT2D eigenvalue weighted by molar-refractivity contribution is -0.101. The molecule has 0 spiro atoms. The molecule has 6 heteroatoms. The predicted octanol–water partition coefficient (Wildman–Crippen LogP) is 7.14. The summed E-state index contributed by atoms with van der Waals surface area (Å²) in [6.07, 6.45) is 20.7. The van der Waals surface area contributed by atoms with Crippen molar-refractivity contribution in [2.45, 2.75) is 122 Å². The van der Waals surface area contributed by atoms with Crippen LogP contribution in [0.15, 0.2) is 0 Å². The van der Waals surface area contributed by atoms with Crippen LogP contribution in [0.5, 0.6) is 0 Å². The molecule has 0 amide bonds. The molecule has 1 aliphatic heterocycles. The Morgan fingerprint density at radius 1 is 0.735 bits per heavy atom. The minimum absolute atomic E-state index is 0.130. The van der Waals surface area contributed by atoms with Gasteiger partial charge in [-0.05, 0) is 39.3 Å². The molecule has 1 saturated heterocycles. The number of hydrogen-bond acceptors (Lipinski definition) is 6. The van der Waals surface area contributed by atoms with Crippen LogP contribution in [0.4, 0.5) is 4.79 Å². The first-order valence-corrected chi connectivity index (χ1v) is 14.2. The van der Waals surface area contributed by atoms with Gasteiger partial charge in [-0.25, -0.2) is 4.79 Å². The Kier molecular flexibility index (Phi) is 19.7. The minimum Gasteiger partial charge on any atom is -0.433 e. The van der Waals surface area contributed by atoms with E-state index in [1.54, 1.807) is 7.11 Å². The van der Waals surface area contributed by atoms with Gasteiger partial charge in [0, 0.05) is 20.3 Å². The Balaban J connectivity index is 1.89. The topological polar surface area (TPSA) is 57.2 Å². The molecule has 34 heavy (non-hydrogen) atoms. The van der Waals surface area contributed by atoms with E-state index in [4.69, 9.17) is 18.9 Å². The molecular weight excluding hydrogens is 430 g/mol. The molecule has 0 saturated carbocycles. The van der Waals surface area contributed by atoms with E-state index in [1.165, 1.54) is 96.3 Å². The third-order valence-corrected chi connectivity index (χ3v) is 6.86. The predicted molar refractivity (Wildman–Crippen MR) is 140 cm³/mol. The summed E-state index contributed by atoms with van der Waals surface area (Å²) in [7, 11) is 1.62. The highest BCUT2D eigenvalue weighted by atomic mass is 16.7. The second-order valence-corrected chi connectivity index (χ2v) is 10.2. The van der Waals surface area contributed by atoms with E-state index in [2.05, 4.69) is 11.8 Å². The lowest BCUT2D eigenvalue weighted by Crippen LogP contribution is -2.39. The highest BCUT2D eigenvalue weighted by molar-refractivity contribution is 5.59. The smallest absolute Gasteiger partial charge is 0.433 e. The Hall–Kier alpha value is -0.850. The molecule has 0 aromatic heterocycles. The standard InChI is InChI=1S/C28H55NO5/c1-4-5-6-7-8-9-10-11-12-13-14-15-16-19-23-32-25-28(2,31-3)26-34-27(30)33-24-22-29-20-17-18-21-29/h4-26H2,1-3H3. The molecule has 1 atom stereocenters. The molecule has 0 N–H and O–H groups in total. The van der Waals surface area contributed by atoms with Crippen LogP contribution in [0.25, 0.3) is 0 Å². The first kappa shape index (κ1) is 31.2. The van der Waals surface area contributed by atoms with Gasteiger partial charge < -0.3 is 18.9 Å². The van der Waals surface area contributed by atoms with E-state index >= 15 is 0 Å². The van der Waals surface area contributed by atoms with E-state index in [0.717, 1.165) is 32.7 Å².